The third-order valence-corrected chi connectivity index (χ3v) is 4.49. The molecule has 4 heteroatoms. The first kappa shape index (κ1) is 17.6. The van der Waals surface area contributed by atoms with Crippen LogP contribution in [0.2, 0.25) is 0 Å². The maximum absolute atomic E-state index is 13.0. The Balaban J connectivity index is 1.75. The van der Waals surface area contributed by atoms with Crippen LogP contribution in [-0.2, 0) is 6.54 Å². The summed E-state index contributed by atoms with van der Waals surface area (Å²) in [7, 11) is 0. The maximum atomic E-state index is 13.0. The molecule has 1 heterocycles. The first-order chi connectivity index (χ1) is 13.7. The Kier molecular flexibility index (Phi) is 4.93. The Bertz CT molecular complexity index is 1140. The van der Waals surface area contributed by atoms with Crippen LogP contribution in [0.3, 0.4) is 0 Å². The van der Waals surface area contributed by atoms with Crippen molar-refractivity contribution in [3.05, 3.63) is 108 Å². The molecule has 3 aromatic carbocycles. The molecule has 0 N–H and O–H groups in total. The fourth-order valence-electron chi connectivity index (χ4n) is 3.13. The predicted molar refractivity (Wildman–Crippen MR) is 106 cm³/mol. The van der Waals surface area contributed by atoms with Gasteiger partial charge in [0.25, 0.3) is 5.69 Å². The summed E-state index contributed by atoms with van der Waals surface area (Å²) in [5.41, 5.74) is 0.955. The van der Waals surface area contributed by atoms with Gasteiger partial charge in [0.15, 0.2) is 6.20 Å². The van der Waals surface area contributed by atoms with Crippen molar-refractivity contribution in [2.24, 2.45) is 0 Å². The molecule has 4 rings (SSSR count). The van der Waals surface area contributed by atoms with Gasteiger partial charge in [0.2, 0.25) is 12.3 Å². The molecular formula is C24H18NO3+. The third-order valence-electron chi connectivity index (χ3n) is 4.49. The normalized spacial score (nSPS) is 10.6. The zero-order valence-corrected chi connectivity index (χ0v) is 15.1. The quantitative estimate of drug-likeness (QED) is 0.229. The first-order valence-corrected chi connectivity index (χ1v) is 8.99. The van der Waals surface area contributed by atoms with E-state index >= 15 is 0 Å². The number of ether oxygens (including phenoxy) is 1. The van der Waals surface area contributed by atoms with Crippen LogP contribution >= 0.6 is 0 Å². The van der Waals surface area contributed by atoms with E-state index in [1.54, 1.807) is 47.2 Å². The van der Waals surface area contributed by atoms with Gasteiger partial charge in [-0.1, -0.05) is 66.7 Å². The molecule has 0 amide bonds. The molecule has 0 bridgehead atoms. The van der Waals surface area contributed by atoms with Gasteiger partial charge in [0.05, 0.1) is 5.39 Å². The van der Waals surface area contributed by atoms with Gasteiger partial charge in [-0.15, -0.1) is 0 Å². The monoisotopic (exact) mass is 368 g/mol. The van der Waals surface area contributed by atoms with Gasteiger partial charge in [-0.05, 0) is 23.6 Å². The second kappa shape index (κ2) is 7.84. The van der Waals surface area contributed by atoms with Gasteiger partial charge in [0.1, 0.15) is 5.75 Å². The van der Waals surface area contributed by atoms with Gasteiger partial charge < -0.3 is 4.74 Å². The van der Waals surface area contributed by atoms with E-state index in [2.05, 4.69) is 0 Å². The zero-order chi connectivity index (χ0) is 19.3. The molecule has 136 valence electrons. The molecule has 0 saturated carbocycles. The molecular weight excluding hydrogens is 350 g/mol. The highest BCUT2D eigenvalue weighted by atomic mass is 16.5. The van der Waals surface area contributed by atoms with Crippen molar-refractivity contribution in [1.29, 1.82) is 0 Å². The largest absolute Gasteiger partial charge is 0.419 e. The molecule has 28 heavy (non-hydrogen) atoms. The summed E-state index contributed by atoms with van der Waals surface area (Å²) in [5, 5.41) is 1.65. The van der Waals surface area contributed by atoms with Gasteiger partial charge in [-0.2, -0.15) is 4.57 Å². The van der Waals surface area contributed by atoms with Gasteiger partial charge >= 0.3 is 5.97 Å². The Labute approximate surface area is 162 Å². The molecule has 0 aliphatic carbocycles. The van der Waals surface area contributed by atoms with Crippen molar-refractivity contribution in [2.75, 3.05) is 0 Å². The summed E-state index contributed by atoms with van der Waals surface area (Å²) < 4.78 is 7.22. The topological polar surface area (TPSA) is 47.2 Å². The number of carbonyl (C=O) groups is 2. The Morgan fingerprint density at radius 3 is 2.14 bits per heavy atom. The van der Waals surface area contributed by atoms with E-state index in [-0.39, 0.29) is 12.3 Å². The van der Waals surface area contributed by atoms with Crippen molar-refractivity contribution in [1.82, 2.24) is 0 Å². The minimum absolute atomic E-state index is 0.0497. The molecule has 0 aliphatic heterocycles. The van der Waals surface area contributed by atoms with E-state index in [4.69, 9.17) is 4.74 Å². The summed E-state index contributed by atoms with van der Waals surface area (Å²) in [4.78, 5) is 25.7. The lowest BCUT2D eigenvalue weighted by Gasteiger charge is -2.08. The average molecular weight is 368 g/mol. The molecule has 1 aromatic heterocycles. The average Bonchev–Trinajstić information content (AvgIpc) is 2.74. The number of para-hydroxylation sites is 1. The number of carbonyl (C=O) groups excluding carboxylic acids is 2. The maximum Gasteiger partial charge on any atom is 0.409 e. The van der Waals surface area contributed by atoms with E-state index in [1.165, 1.54) is 0 Å². The van der Waals surface area contributed by atoms with E-state index in [0.29, 0.717) is 17.0 Å². The van der Waals surface area contributed by atoms with Gasteiger partial charge in [0, 0.05) is 11.6 Å². The Morgan fingerprint density at radius 1 is 0.750 bits per heavy atom. The number of benzene rings is 3. The Hall–Kier alpha value is -3.79. The molecule has 0 saturated heterocycles. The second-order valence-electron chi connectivity index (χ2n) is 6.37. The van der Waals surface area contributed by atoms with E-state index in [1.807, 2.05) is 54.6 Å². The molecule has 4 aromatic rings. The van der Waals surface area contributed by atoms with E-state index < -0.39 is 5.97 Å². The number of hydrogen-bond donors (Lipinski definition) is 0. The minimum Gasteiger partial charge on any atom is -0.419 e. The lowest BCUT2D eigenvalue weighted by atomic mass is 10.1. The standard InChI is InChI=1S/C24H18NO3/c26-22(19-10-3-1-4-11-19)17-25-16-15-18-9-7-8-14-21(18)23(25)24(27)28-20-12-5-2-6-13-20/h1-16H,17H2/q+1. The lowest BCUT2D eigenvalue weighted by Crippen LogP contribution is -2.44. The SMILES string of the molecule is O=C(C[n+]1ccc2ccccc2c1C(=O)Oc1ccccc1)c1ccccc1. The van der Waals surface area contributed by atoms with Crippen LogP contribution in [0, 0.1) is 0 Å². The smallest absolute Gasteiger partial charge is 0.409 e. The summed E-state index contributed by atoms with van der Waals surface area (Å²) in [6.07, 6.45) is 1.75. The fraction of sp³-hybridized carbons (Fsp3) is 0.0417. The van der Waals surface area contributed by atoms with Crippen molar-refractivity contribution in [3.8, 4) is 5.75 Å². The number of pyridine rings is 1. The summed E-state index contributed by atoms with van der Waals surface area (Å²) in [6, 6.07) is 27.4. The highest BCUT2D eigenvalue weighted by Crippen LogP contribution is 2.18. The van der Waals surface area contributed by atoms with Crippen molar-refractivity contribution < 1.29 is 18.9 Å². The highest BCUT2D eigenvalue weighted by molar-refractivity contribution is 6.02. The molecule has 0 atom stereocenters. The Morgan fingerprint density at radius 2 is 1.39 bits per heavy atom. The predicted octanol–water partition coefficient (Wildman–Crippen LogP) is 4.23. The van der Waals surface area contributed by atoms with Crippen LogP contribution in [0.5, 0.6) is 5.75 Å². The number of fused-ring (bicyclic) bond motifs is 1. The van der Waals surface area contributed by atoms with Crippen LogP contribution in [0.4, 0.5) is 0 Å². The number of aromatic nitrogens is 1. The number of esters is 1. The van der Waals surface area contributed by atoms with Crippen LogP contribution in [0.25, 0.3) is 10.8 Å². The third kappa shape index (κ3) is 3.67. The molecule has 0 radical (unpaired) electrons. The van der Waals surface area contributed by atoms with Crippen LogP contribution in [0.15, 0.2) is 97.2 Å². The van der Waals surface area contributed by atoms with Crippen LogP contribution < -0.4 is 9.30 Å². The van der Waals surface area contributed by atoms with Crippen molar-refractivity contribution >= 4 is 22.5 Å². The van der Waals surface area contributed by atoms with Crippen molar-refractivity contribution in [2.45, 2.75) is 6.54 Å². The molecule has 0 aliphatic rings. The minimum atomic E-state index is -0.496. The highest BCUT2D eigenvalue weighted by Gasteiger charge is 2.27. The fourth-order valence-corrected chi connectivity index (χ4v) is 3.13. The molecule has 0 spiro atoms. The zero-order valence-electron chi connectivity index (χ0n) is 15.1. The van der Waals surface area contributed by atoms with Gasteiger partial charge in [-0.25, -0.2) is 4.79 Å². The summed E-state index contributed by atoms with van der Waals surface area (Å²) >= 11 is 0. The van der Waals surface area contributed by atoms with Crippen LogP contribution in [-0.4, -0.2) is 11.8 Å². The van der Waals surface area contributed by atoms with Crippen LogP contribution in [0.1, 0.15) is 20.8 Å². The first-order valence-electron chi connectivity index (χ1n) is 8.99. The summed E-state index contributed by atoms with van der Waals surface area (Å²) in [5.74, 6) is -0.111. The van der Waals surface area contributed by atoms with Gasteiger partial charge in [-0.3, -0.25) is 4.79 Å². The molecule has 4 nitrogen and oxygen atoms in total. The van der Waals surface area contributed by atoms with Crippen molar-refractivity contribution in [3.63, 3.8) is 0 Å². The molecule has 0 fully saturated rings. The molecule has 0 unspecified atom stereocenters. The number of nitrogens with zero attached hydrogens (tertiary/aromatic N) is 1. The van der Waals surface area contributed by atoms with E-state index in [9.17, 15) is 9.59 Å². The second-order valence-corrected chi connectivity index (χ2v) is 6.37. The number of Topliss-reactive ketones (excluding diaryl/α,β-unsaturated/α-hetero) is 1. The summed E-state index contributed by atoms with van der Waals surface area (Å²) in [6.45, 7) is 0.0497. The number of rotatable bonds is 5. The number of hydrogen-bond acceptors (Lipinski definition) is 3. The lowest BCUT2D eigenvalue weighted by molar-refractivity contribution is -0.684. The van der Waals surface area contributed by atoms with E-state index in [0.717, 1.165) is 10.8 Å². The number of ketones is 1.